The van der Waals surface area contributed by atoms with Crippen molar-refractivity contribution < 1.29 is 4.39 Å². The van der Waals surface area contributed by atoms with Crippen molar-refractivity contribution in [1.29, 1.82) is 0 Å². The van der Waals surface area contributed by atoms with Gasteiger partial charge >= 0.3 is 0 Å². The highest BCUT2D eigenvalue weighted by Crippen LogP contribution is 2.28. The highest BCUT2D eigenvalue weighted by molar-refractivity contribution is 5.93. The number of halogens is 1. The molecule has 4 aromatic rings. The Balaban J connectivity index is 1.48. The van der Waals surface area contributed by atoms with E-state index >= 15 is 0 Å². The van der Waals surface area contributed by atoms with Crippen LogP contribution in [0.2, 0.25) is 0 Å². The molecule has 0 amide bonds. The van der Waals surface area contributed by atoms with Gasteiger partial charge in [-0.3, -0.25) is 9.78 Å². The maximum atomic E-state index is 14.4. The van der Waals surface area contributed by atoms with Gasteiger partial charge < -0.3 is 4.57 Å². The summed E-state index contributed by atoms with van der Waals surface area (Å²) in [6, 6.07) is 17.9. The van der Waals surface area contributed by atoms with Crippen LogP contribution < -0.4 is 5.56 Å². The smallest absolute Gasteiger partial charge is 0.282 e. The molecule has 4 heterocycles. The fourth-order valence-corrected chi connectivity index (χ4v) is 4.06. The first kappa shape index (κ1) is 19.1. The Morgan fingerprint density at radius 2 is 1.79 bits per heavy atom. The molecule has 2 aliphatic heterocycles. The van der Waals surface area contributed by atoms with Gasteiger partial charge in [-0.1, -0.05) is 24.3 Å². The minimum Gasteiger partial charge on any atom is -0.341 e. The zero-order valence-electron chi connectivity index (χ0n) is 17.3. The monoisotopic (exact) mass is 436 g/mol. The number of nitrogens with zero attached hydrogens (tertiary/aromatic N) is 6. The van der Waals surface area contributed by atoms with E-state index in [2.05, 4.69) is 15.2 Å². The van der Waals surface area contributed by atoms with Crippen LogP contribution in [0.25, 0.3) is 33.5 Å². The molecule has 2 aromatic carbocycles. The van der Waals surface area contributed by atoms with Gasteiger partial charge in [0, 0.05) is 36.7 Å². The summed E-state index contributed by atoms with van der Waals surface area (Å²) in [5.74, 6) is -0.501. The Morgan fingerprint density at radius 3 is 2.58 bits per heavy atom. The Morgan fingerprint density at radius 1 is 0.939 bits per heavy atom. The molecule has 0 aliphatic carbocycles. The van der Waals surface area contributed by atoms with Crippen molar-refractivity contribution in [2.75, 3.05) is 0 Å². The van der Waals surface area contributed by atoms with E-state index in [4.69, 9.17) is 0 Å². The molecule has 160 valence electrons. The topological polar surface area (TPSA) is 70.5 Å². The van der Waals surface area contributed by atoms with Crippen LogP contribution in [-0.4, -0.2) is 29.1 Å². The zero-order chi connectivity index (χ0) is 22.4. The van der Waals surface area contributed by atoms with Gasteiger partial charge in [0.25, 0.3) is 5.56 Å². The highest BCUT2D eigenvalue weighted by atomic mass is 19.1. The minimum absolute atomic E-state index is 0.127. The number of pyridine rings is 2. The molecule has 0 fully saturated rings. The third-order valence-electron chi connectivity index (χ3n) is 5.67. The fraction of sp³-hybridized carbons (Fsp3) is 0.0400. The summed E-state index contributed by atoms with van der Waals surface area (Å²) in [5.41, 5.74) is 3.55. The number of fused-ring (bicyclic) bond motifs is 3. The summed E-state index contributed by atoms with van der Waals surface area (Å²) in [7, 11) is 0. The van der Waals surface area contributed by atoms with Crippen LogP contribution in [0.5, 0.6) is 0 Å². The molecule has 0 spiro atoms. The van der Waals surface area contributed by atoms with Crippen LogP contribution in [0.4, 0.5) is 4.39 Å². The van der Waals surface area contributed by atoms with Crippen LogP contribution in [0.3, 0.4) is 0 Å². The SMILES string of the molecule is O=c1c2cn(Cc3ccc(-n4cccn4)cc3)c3cnccc3c-2nn1-c1ccccc1F. The fourth-order valence-electron chi connectivity index (χ4n) is 4.06. The summed E-state index contributed by atoms with van der Waals surface area (Å²) in [6.07, 6.45) is 8.81. The molecule has 7 nitrogen and oxygen atoms in total. The second-order valence-corrected chi connectivity index (χ2v) is 7.70. The van der Waals surface area contributed by atoms with E-state index in [-0.39, 0.29) is 11.2 Å². The number of para-hydroxylation sites is 1. The molecule has 8 heteroatoms. The molecule has 0 radical (unpaired) electrons. The second kappa shape index (κ2) is 7.52. The highest BCUT2D eigenvalue weighted by Gasteiger charge is 2.22. The van der Waals surface area contributed by atoms with Crippen molar-refractivity contribution in [1.82, 2.24) is 29.1 Å². The van der Waals surface area contributed by atoms with E-state index < -0.39 is 5.82 Å². The lowest BCUT2D eigenvalue weighted by atomic mass is 10.1. The van der Waals surface area contributed by atoms with Gasteiger partial charge in [0.1, 0.15) is 17.2 Å². The summed E-state index contributed by atoms with van der Waals surface area (Å²) in [5, 5.41) is 9.50. The van der Waals surface area contributed by atoms with Gasteiger partial charge in [-0.15, -0.1) is 0 Å². The Labute approximate surface area is 187 Å². The standard InChI is InChI=1S/C25H17FN6O/c26-21-4-1-2-5-22(21)32-25(33)20-16-30(23-14-27-12-10-19(23)24(20)29-32)15-17-6-8-18(9-7-17)31-13-3-11-28-31/h1-14,16H,15H2. The average molecular weight is 436 g/mol. The van der Waals surface area contributed by atoms with Crippen LogP contribution in [0.1, 0.15) is 5.56 Å². The molecule has 6 rings (SSSR count). The lowest BCUT2D eigenvalue weighted by molar-refractivity contribution is 0.609. The maximum absolute atomic E-state index is 14.4. The van der Waals surface area contributed by atoms with Gasteiger partial charge in [-0.2, -0.15) is 14.9 Å². The van der Waals surface area contributed by atoms with E-state index in [9.17, 15) is 9.18 Å². The van der Waals surface area contributed by atoms with Gasteiger partial charge in [-0.25, -0.2) is 9.07 Å². The van der Waals surface area contributed by atoms with Crippen molar-refractivity contribution in [3.05, 3.63) is 113 Å². The Hall–Kier alpha value is -4.59. The molecule has 0 bridgehead atoms. The number of benzene rings is 2. The van der Waals surface area contributed by atoms with Crippen LogP contribution >= 0.6 is 0 Å². The molecule has 0 atom stereocenters. The summed E-state index contributed by atoms with van der Waals surface area (Å²) >= 11 is 0. The first-order chi connectivity index (χ1) is 16.2. The molecule has 0 saturated carbocycles. The molecule has 2 aromatic heterocycles. The molecule has 33 heavy (non-hydrogen) atoms. The Kier molecular flexibility index (Phi) is 4.36. The molecule has 0 unspecified atom stereocenters. The first-order valence-corrected chi connectivity index (χ1v) is 10.4. The summed E-state index contributed by atoms with van der Waals surface area (Å²) in [6.45, 7) is 0.530. The minimum atomic E-state index is -0.501. The largest absolute Gasteiger partial charge is 0.341 e. The maximum Gasteiger partial charge on any atom is 0.282 e. The quantitative estimate of drug-likeness (QED) is 0.418. The Bertz CT molecular complexity index is 1620. The van der Waals surface area contributed by atoms with Crippen LogP contribution in [0.15, 0.2) is 96.4 Å². The van der Waals surface area contributed by atoms with Crippen molar-refractivity contribution in [3.63, 3.8) is 0 Å². The molecule has 2 aliphatic rings. The van der Waals surface area contributed by atoms with Gasteiger partial charge in [-0.05, 0) is 42.0 Å². The predicted molar refractivity (Wildman–Crippen MR) is 122 cm³/mol. The van der Waals surface area contributed by atoms with Gasteiger partial charge in [0.15, 0.2) is 0 Å². The van der Waals surface area contributed by atoms with Crippen LogP contribution in [0, 0.1) is 5.82 Å². The summed E-state index contributed by atoms with van der Waals surface area (Å²) in [4.78, 5) is 17.5. The van der Waals surface area contributed by atoms with Gasteiger partial charge in [0.05, 0.1) is 23.0 Å². The molecule has 0 N–H and O–H groups in total. The van der Waals surface area contributed by atoms with E-state index in [1.807, 2.05) is 47.2 Å². The van der Waals surface area contributed by atoms with Crippen molar-refractivity contribution >= 4 is 10.9 Å². The van der Waals surface area contributed by atoms with E-state index in [1.165, 1.54) is 6.07 Å². The number of hydrogen-bond acceptors (Lipinski definition) is 4. The summed E-state index contributed by atoms with van der Waals surface area (Å²) < 4.78 is 19.3. The van der Waals surface area contributed by atoms with Gasteiger partial charge in [0.2, 0.25) is 0 Å². The predicted octanol–water partition coefficient (Wildman–Crippen LogP) is 4.06. The number of rotatable bonds is 4. The first-order valence-electron chi connectivity index (χ1n) is 10.4. The number of aromatic nitrogens is 6. The van der Waals surface area contributed by atoms with Crippen molar-refractivity contribution in [2.24, 2.45) is 0 Å². The third kappa shape index (κ3) is 3.20. The zero-order valence-corrected chi connectivity index (χ0v) is 17.3. The number of hydrogen-bond donors (Lipinski definition) is 0. The lowest BCUT2D eigenvalue weighted by Crippen LogP contribution is -2.16. The third-order valence-corrected chi connectivity index (χ3v) is 5.67. The second-order valence-electron chi connectivity index (χ2n) is 7.70. The normalized spacial score (nSPS) is 11.4. The van der Waals surface area contributed by atoms with Crippen LogP contribution in [-0.2, 0) is 6.54 Å². The van der Waals surface area contributed by atoms with E-state index in [1.54, 1.807) is 47.7 Å². The molecular formula is C25H17FN6O. The molecule has 0 saturated heterocycles. The van der Waals surface area contributed by atoms with E-state index in [0.29, 0.717) is 17.8 Å². The van der Waals surface area contributed by atoms with Crippen molar-refractivity contribution in [2.45, 2.75) is 6.54 Å². The van der Waals surface area contributed by atoms with E-state index in [0.717, 1.165) is 26.8 Å². The lowest BCUT2D eigenvalue weighted by Gasteiger charge is -2.14. The molecular weight excluding hydrogens is 419 g/mol. The average Bonchev–Trinajstić information content (AvgIpc) is 3.49. The van der Waals surface area contributed by atoms with Crippen molar-refractivity contribution in [3.8, 4) is 22.6 Å².